The normalized spacial score (nSPS) is 19.0. The summed E-state index contributed by atoms with van der Waals surface area (Å²) in [4.78, 5) is 4.05. The number of hydrogen-bond acceptors (Lipinski definition) is 4. The van der Waals surface area contributed by atoms with Crippen molar-refractivity contribution in [1.29, 1.82) is 0 Å². The van der Waals surface area contributed by atoms with E-state index in [4.69, 9.17) is 0 Å². The minimum absolute atomic E-state index is 0.109. The highest BCUT2D eigenvalue weighted by molar-refractivity contribution is 7.89. The molecule has 0 amide bonds. The average Bonchev–Trinajstić information content (AvgIpc) is 3.34. The molecule has 0 atom stereocenters. The second-order valence-corrected chi connectivity index (χ2v) is 7.76. The fourth-order valence-electron chi connectivity index (χ4n) is 2.97. The van der Waals surface area contributed by atoms with Crippen LogP contribution in [0.5, 0.6) is 0 Å². The first kappa shape index (κ1) is 14.8. The molecule has 0 saturated heterocycles. The zero-order valence-corrected chi connectivity index (χ0v) is 13.2. The molecular weight excluding hydrogens is 286 g/mol. The SMILES string of the molecule is CCNc1cccnc1S(=O)(=O)NCC(C1CC1)C1CC1. The number of nitrogens with one attached hydrogen (secondary N) is 2. The van der Waals surface area contributed by atoms with Crippen molar-refractivity contribution < 1.29 is 8.42 Å². The lowest BCUT2D eigenvalue weighted by Gasteiger charge is -2.17. The van der Waals surface area contributed by atoms with E-state index in [1.165, 1.54) is 31.9 Å². The van der Waals surface area contributed by atoms with Gasteiger partial charge in [0.25, 0.3) is 10.0 Å². The van der Waals surface area contributed by atoms with E-state index in [-0.39, 0.29) is 5.03 Å². The first-order chi connectivity index (χ1) is 10.1. The van der Waals surface area contributed by atoms with Gasteiger partial charge in [-0.2, -0.15) is 0 Å². The predicted octanol–water partition coefficient (Wildman–Crippen LogP) is 2.23. The zero-order valence-electron chi connectivity index (χ0n) is 12.4. The summed E-state index contributed by atoms with van der Waals surface area (Å²) in [5, 5.41) is 3.17. The Morgan fingerprint density at radius 3 is 2.52 bits per heavy atom. The minimum atomic E-state index is -3.54. The molecule has 5 nitrogen and oxygen atoms in total. The highest BCUT2D eigenvalue weighted by Gasteiger charge is 2.41. The Bertz CT molecular complexity index is 583. The Morgan fingerprint density at radius 2 is 1.95 bits per heavy atom. The molecule has 1 aromatic rings. The summed E-state index contributed by atoms with van der Waals surface area (Å²) < 4.78 is 27.8. The van der Waals surface area contributed by atoms with E-state index >= 15 is 0 Å². The van der Waals surface area contributed by atoms with Crippen LogP contribution in [0.4, 0.5) is 5.69 Å². The number of aromatic nitrogens is 1. The smallest absolute Gasteiger partial charge is 0.260 e. The van der Waals surface area contributed by atoms with Crippen molar-refractivity contribution in [2.75, 3.05) is 18.4 Å². The van der Waals surface area contributed by atoms with Crippen LogP contribution in [-0.4, -0.2) is 26.5 Å². The summed E-state index contributed by atoms with van der Waals surface area (Å²) in [5.74, 6) is 1.99. The molecule has 2 aliphatic rings. The van der Waals surface area contributed by atoms with Gasteiger partial charge in [-0.05, 0) is 62.5 Å². The Kier molecular flexibility index (Phi) is 4.17. The van der Waals surface area contributed by atoms with Gasteiger partial charge < -0.3 is 5.32 Å². The molecule has 0 radical (unpaired) electrons. The van der Waals surface area contributed by atoms with E-state index < -0.39 is 10.0 Å². The van der Waals surface area contributed by atoms with E-state index in [1.54, 1.807) is 12.1 Å². The van der Waals surface area contributed by atoms with Gasteiger partial charge in [-0.1, -0.05) is 0 Å². The maximum Gasteiger partial charge on any atom is 0.260 e. The second-order valence-electron chi connectivity index (χ2n) is 6.08. The standard InChI is InChI=1S/C15H23N3O2S/c1-2-16-14-4-3-9-17-15(14)21(19,20)18-10-13(11-5-6-11)12-7-8-12/h3-4,9,11-13,16,18H,2,5-8,10H2,1H3. The van der Waals surface area contributed by atoms with Crippen molar-refractivity contribution >= 4 is 15.7 Å². The second kappa shape index (κ2) is 5.93. The molecule has 2 N–H and O–H groups in total. The van der Waals surface area contributed by atoms with Gasteiger partial charge in [-0.25, -0.2) is 18.1 Å². The summed E-state index contributed by atoms with van der Waals surface area (Å²) in [6.45, 7) is 3.16. The van der Waals surface area contributed by atoms with Crippen LogP contribution in [0.3, 0.4) is 0 Å². The van der Waals surface area contributed by atoms with Gasteiger partial charge in [0.1, 0.15) is 0 Å². The summed E-state index contributed by atoms with van der Waals surface area (Å²) in [7, 11) is -3.54. The molecule has 1 aromatic heterocycles. The number of hydrogen-bond donors (Lipinski definition) is 2. The third-order valence-electron chi connectivity index (χ3n) is 4.36. The largest absolute Gasteiger partial charge is 0.383 e. The van der Waals surface area contributed by atoms with Gasteiger partial charge in [-0.15, -0.1) is 0 Å². The molecular formula is C15H23N3O2S. The van der Waals surface area contributed by atoms with Crippen LogP contribution in [0.1, 0.15) is 32.6 Å². The van der Waals surface area contributed by atoms with Crippen LogP contribution in [0.15, 0.2) is 23.4 Å². The molecule has 21 heavy (non-hydrogen) atoms. The number of nitrogens with zero attached hydrogens (tertiary/aromatic N) is 1. The Balaban J connectivity index is 1.71. The molecule has 2 saturated carbocycles. The number of pyridine rings is 1. The summed E-state index contributed by atoms with van der Waals surface area (Å²) in [6, 6.07) is 3.50. The summed E-state index contributed by atoms with van der Waals surface area (Å²) >= 11 is 0. The Morgan fingerprint density at radius 1 is 1.29 bits per heavy atom. The minimum Gasteiger partial charge on any atom is -0.383 e. The summed E-state index contributed by atoms with van der Waals surface area (Å²) in [5.41, 5.74) is 0.571. The van der Waals surface area contributed by atoms with Gasteiger partial charge in [0.15, 0.2) is 5.03 Å². The van der Waals surface area contributed by atoms with Gasteiger partial charge in [-0.3, -0.25) is 0 Å². The zero-order chi connectivity index (χ0) is 14.9. The maximum atomic E-state index is 12.5. The molecule has 0 spiro atoms. The van der Waals surface area contributed by atoms with Crippen molar-refractivity contribution in [2.45, 2.75) is 37.6 Å². The fourth-order valence-corrected chi connectivity index (χ4v) is 4.15. The van der Waals surface area contributed by atoms with Crippen LogP contribution in [0.25, 0.3) is 0 Å². The monoisotopic (exact) mass is 309 g/mol. The molecule has 0 unspecified atom stereocenters. The van der Waals surface area contributed by atoms with E-state index in [2.05, 4.69) is 15.0 Å². The third-order valence-corrected chi connectivity index (χ3v) is 5.74. The van der Waals surface area contributed by atoms with Crippen molar-refractivity contribution in [1.82, 2.24) is 9.71 Å². The van der Waals surface area contributed by atoms with E-state index in [0.29, 0.717) is 24.7 Å². The third kappa shape index (κ3) is 3.55. The Labute approximate surface area is 126 Å². The number of rotatable bonds is 8. The number of sulfonamides is 1. The molecule has 3 rings (SSSR count). The highest BCUT2D eigenvalue weighted by atomic mass is 32.2. The van der Waals surface area contributed by atoms with Crippen LogP contribution >= 0.6 is 0 Å². The molecule has 116 valence electrons. The number of anilines is 1. The van der Waals surface area contributed by atoms with Crippen LogP contribution in [0.2, 0.25) is 0 Å². The van der Waals surface area contributed by atoms with Gasteiger partial charge in [0, 0.05) is 19.3 Å². The lowest BCUT2D eigenvalue weighted by Crippen LogP contribution is -2.32. The quantitative estimate of drug-likeness (QED) is 0.772. The first-order valence-electron chi connectivity index (χ1n) is 7.80. The van der Waals surface area contributed by atoms with Gasteiger partial charge in [0.2, 0.25) is 0 Å². The molecule has 0 aliphatic heterocycles. The van der Waals surface area contributed by atoms with E-state index in [0.717, 1.165) is 11.8 Å². The maximum absolute atomic E-state index is 12.5. The topological polar surface area (TPSA) is 71.1 Å². The van der Waals surface area contributed by atoms with Crippen molar-refractivity contribution in [3.05, 3.63) is 18.3 Å². The van der Waals surface area contributed by atoms with E-state index in [1.807, 2.05) is 6.92 Å². The summed E-state index contributed by atoms with van der Waals surface area (Å²) in [6.07, 6.45) is 6.56. The highest BCUT2D eigenvalue weighted by Crippen LogP contribution is 2.48. The van der Waals surface area contributed by atoms with Gasteiger partial charge >= 0.3 is 0 Å². The first-order valence-corrected chi connectivity index (χ1v) is 9.28. The van der Waals surface area contributed by atoms with Gasteiger partial charge in [0.05, 0.1) is 5.69 Å². The molecule has 0 aromatic carbocycles. The van der Waals surface area contributed by atoms with Crippen LogP contribution < -0.4 is 10.0 Å². The average molecular weight is 309 g/mol. The van der Waals surface area contributed by atoms with E-state index in [9.17, 15) is 8.42 Å². The van der Waals surface area contributed by atoms with Crippen LogP contribution in [-0.2, 0) is 10.0 Å². The lowest BCUT2D eigenvalue weighted by molar-refractivity contribution is 0.401. The predicted molar refractivity (Wildman–Crippen MR) is 82.5 cm³/mol. The fraction of sp³-hybridized carbons (Fsp3) is 0.667. The van der Waals surface area contributed by atoms with Crippen LogP contribution in [0, 0.1) is 17.8 Å². The van der Waals surface area contributed by atoms with Crippen molar-refractivity contribution in [3.8, 4) is 0 Å². The molecule has 2 aliphatic carbocycles. The molecule has 2 fully saturated rings. The molecule has 6 heteroatoms. The van der Waals surface area contributed by atoms with Crippen molar-refractivity contribution in [2.24, 2.45) is 17.8 Å². The Hall–Kier alpha value is -1.14. The lowest BCUT2D eigenvalue weighted by atomic mass is 9.99. The molecule has 0 bridgehead atoms. The molecule has 1 heterocycles. The van der Waals surface area contributed by atoms with Crippen molar-refractivity contribution in [3.63, 3.8) is 0 Å².